The maximum atomic E-state index is 13.7. The first-order valence-corrected chi connectivity index (χ1v) is 7.15. The number of fused-ring (bicyclic) bond motifs is 1. The summed E-state index contributed by atoms with van der Waals surface area (Å²) in [7, 11) is 1.55. The number of hydrogen-bond acceptors (Lipinski definition) is 2. The Kier molecular flexibility index (Phi) is 4.29. The van der Waals surface area contributed by atoms with Crippen molar-refractivity contribution in [2.45, 2.75) is 18.8 Å². The van der Waals surface area contributed by atoms with E-state index in [0.29, 0.717) is 20.4 Å². The molecule has 7 heteroatoms. The van der Waals surface area contributed by atoms with E-state index in [4.69, 9.17) is 11.6 Å². The molecule has 0 saturated carbocycles. The van der Waals surface area contributed by atoms with E-state index in [1.807, 2.05) is 22.6 Å². The fourth-order valence-electron chi connectivity index (χ4n) is 1.83. The van der Waals surface area contributed by atoms with Gasteiger partial charge in [-0.15, -0.1) is 11.6 Å². The lowest BCUT2D eigenvalue weighted by atomic mass is 10.3. The molecule has 1 heterocycles. The van der Waals surface area contributed by atoms with E-state index in [1.165, 1.54) is 6.07 Å². The van der Waals surface area contributed by atoms with Crippen LogP contribution in [0, 0.1) is 9.39 Å². The quantitative estimate of drug-likeness (QED) is 0.642. The summed E-state index contributed by atoms with van der Waals surface area (Å²) < 4.78 is 15.8. The molecule has 0 spiro atoms. The number of alkyl halides is 1. The predicted molar refractivity (Wildman–Crippen MR) is 80.7 cm³/mol. The lowest BCUT2D eigenvalue weighted by molar-refractivity contribution is -0.121. The van der Waals surface area contributed by atoms with Gasteiger partial charge in [-0.25, -0.2) is 9.37 Å². The highest BCUT2D eigenvalue weighted by molar-refractivity contribution is 14.1. The minimum Gasteiger partial charge on any atom is -0.358 e. The van der Waals surface area contributed by atoms with Gasteiger partial charge in [-0.3, -0.25) is 4.79 Å². The van der Waals surface area contributed by atoms with Crippen molar-refractivity contribution in [1.29, 1.82) is 0 Å². The van der Waals surface area contributed by atoms with Gasteiger partial charge in [-0.05, 0) is 35.6 Å². The molecule has 1 unspecified atom stereocenters. The molecule has 0 aliphatic carbocycles. The summed E-state index contributed by atoms with van der Waals surface area (Å²) in [6, 6.07) is 3.03. The molecule has 4 nitrogen and oxygen atoms in total. The molecule has 1 aromatic carbocycles. The summed E-state index contributed by atoms with van der Waals surface area (Å²) >= 11 is 7.98. The van der Waals surface area contributed by atoms with Crippen molar-refractivity contribution in [2.24, 2.45) is 0 Å². The maximum Gasteiger partial charge on any atom is 0.239 e. The van der Waals surface area contributed by atoms with Gasteiger partial charge in [0.25, 0.3) is 0 Å². The molecule has 0 aliphatic rings. The second-order valence-electron chi connectivity index (χ2n) is 4.10. The lowest BCUT2D eigenvalue weighted by Gasteiger charge is -2.09. The fraction of sp³-hybridized carbons (Fsp3) is 0.333. The van der Waals surface area contributed by atoms with Crippen LogP contribution in [-0.2, 0) is 11.3 Å². The predicted octanol–water partition coefficient (Wildman–Crippen LogP) is 2.83. The number of carbonyl (C=O) groups excluding carboxylic acids is 1. The molecule has 1 aromatic heterocycles. The van der Waals surface area contributed by atoms with Gasteiger partial charge < -0.3 is 9.88 Å². The first-order chi connectivity index (χ1) is 8.93. The van der Waals surface area contributed by atoms with Crippen LogP contribution >= 0.6 is 34.2 Å². The zero-order chi connectivity index (χ0) is 14.2. The van der Waals surface area contributed by atoms with Crippen molar-refractivity contribution < 1.29 is 9.18 Å². The fourth-order valence-corrected chi connectivity index (χ4v) is 2.45. The van der Waals surface area contributed by atoms with Gasteiger partial charge >= 0.3 is 0 Å². The molecule has 2 aromatic rings. The Hall–Kier alpha value is -0.890. The van der Waals surface area contributed by atoms with Crippen LogP contribution in [0.25, 0.3) is 11.0 Å². The number of halogens is 3. The van der Waals surface area contributed by atoms with E-state index >= 15 is 0 Å². The van der Waals surface area contributed by atoms with Crippen LogP contribution in [0.2, 0.25) is 0 Å². The SMILES string of the molecule is CNC(=O)Cn1c(C(C)Cl)nc2cc(I)c(F)cc21. The van der Waals surface area contributed by atoms with Crippen molar-refractivity contribution in [3.63, 3.8) is 0 Å². The van der Waals surface area contributed by atoms with Gasteiger partial charge in [0.05, 0.1) is 20.0 Å². The molecule has 0 fully saturated rings. The Morgan fingerprint density at radius 1 is 1.63 bits per heavy atom. The maximum absolute atomic E-state index is 13.7. The number of nitrogens with zero attached hydrogens (tertiary/aromatic N) is 2. The van der Waals surface area contributed by atoms with Crippen molar-refractivity contribution in [2.75, 3.05) is 7.05 Å². The minimum atomic E-state index is -0.363. The number of rotatable bonds is 3. The highest BCUT2D eigenvalue weighted by atomic mass is 127. The smallest absolute Gasteiger partial charge is 0.239 e. The molecule has 0 radical (unpaired) electrons. The van der Waals surface area contributed by atoms with Crippen LogP contribution in [0.3, 0.4) is 0 Å². The number of amides is 1. The number of carbonyl (C=O) groups is 1. The number of aromatic nitrogens is 2. The first-order valence-electron chi connectivity index (χ1n) is 5.64. The zero-order valence-corrected chi connectivity index (χ0v) is 13.3. The van der Waals surface area contributed by atoms with Crippen molar-refractivity contribution in [1.82, 2.24) is 14.9 Å². The molecule has 0 aliphatic heterocycles. The van der Waals surface area contributed by atoms with E-state index in [0.717, 1.165) is 0 Å². The molecular formula is C12H12ClFIN3O. The van der Waals surface area contributed by atoms with Crippen LogP contribution in [-0.4, -0.2) is 22.5 Å². The number of imidazole rings is 1. The monoisotopic (exact) mass is 395 g/mol. The lowest BCUT2D eigenvalue weighted by Crippen LogP contribution is -2.24. The van der Waals surface area contributed by atoms with E-state index in [9.17, 15) is 9.18 Å². The number of hydrogen-bond donors (Lipinski definition) is 1. The second-order valence-corrected chi connectivity index (χ2v) is 5.92. The number of likely N-dealkylation sites (N-methyl/N-ethyl adjacent to an activating group) is 1. The topological polar surface area (TPSA) is 46.9 Å². The normalized spacial score (nSPS) is 12.7. The largest absolute Gasteiger partial charge is 0.358 e. The molecule has 1 amide bonds. The molecule has 2 rings (SSSR count). The van der Waals surface area contributed by atoms with E-state index in [1.54, 1.807) is 24.6 Å². The van der Waals surface area contributed by atoms with E-state index < -0.39 is 0 Å². The summed E-state index contributed by atoms with van der Waals surface area (Å²) in [5, 5.41) is 2.17. The van der Waals surface area contributed by atoms with Crippen molar-refractivity contribution in [3.8, 4) is 0 Å². The number of nitrogens with one attached hydrogen (secondary N) is 1. The van der Waals surface area contributed by atoms with E-state index in [-0.39, 0.29) is 23.6 Å². The van der Waals surface area contributed by atoms with Gasteiger partial charge in [-0.1, -0.05) is 0 Å². The Bertz CT molecular complexity index is 641. The van der Waals surface area contributed by atoms with Gasteiger partial charge in [0.2, 0.25) is 5.91 Å². The van der Waals surface area contributed by atoms with Crippen LogP contribution < -0.4 is 5.32 Å². The standard InChI is InChI=1S/C12H12ClFIN3O/c1-6(13)12-17-9-4-8(15)7(14)3-10(9)18(12)5-11(19)16-2/h3-4,6H,5H2,1-2H3,(H,16,19). The van der Waals surface area contributed by atoms with Crippen molar-refractivity contribution in [3.05, 3.63) is 27.3 Å². The number of benzene rings is 1. The molecule has 0 saturated heterocycles. The highest BCUT2D eigenvalue weighted by Gasteiger charge is 2.18. The zero-order valence-electron chi connectivity index (χ0n) is 10.4. The highest BCUT2D eigenvalue weighted by Crippen LogP contribution is 2.27. The van der Waals surface area contributed by atoms with Gasteiger partial charge in [0.1, 0.15) is 18.2 Å². The Balaban J connectivity index is 2.65. The first kappa shape index (κ1) is 14.5. The summed E-state index contributed by atoms with van der Waals surface area (Å²) in [4.78, 5) is 15.9. The van der Waals surface area contributed by atoms with Gasteiger partial charge in [0.15, 0.2) is 0 Å². The molecule has 102 valence electrons. The average molecular weight is 396 g/mol. The second kappa shape index (κ2) is 5.62. The molecule has 19 heavy (non-hydrogen) atoms. The van der Waals surface area contributed by atoms with Crippen LogP contribution in [0.4, 0.5) is 4.39 Å². The third-order valence-corrected chi connectivity index (χ3v) is 3.78. The van der Waals surface area contributed by atoms with E-state index in [2.05, 4.69) is 10.3 Å². The summed E-state index contributed by atoms with van der Waals surface area (Å²) in [6.45, 7) is 1.84. The Morgan fingerprint density at radius 2 is 2.32 bits per heavy atom. The Labute approximate surface area is 128 Å². The third-order valence-electron chi connectivity index (χ3n) is 2.76. The third kappa shape index (κ3) is 2.84. The van der Waals surface area contributed by atoms with Crippen LogP contribution in [0.1, 0.15) is 18.1 Å². The van der Waals surface area contributed by atoms with Crippen LogP contribution in [0.15, 0.2) is 12.1 Å². The molecule has 0 bridgehead atoms. The average Bonchev–Trinajstić information content (AvgIpc) is 2.68. The summed E-state index contributed by atoms with van der Waals surface area (Å²) in [5.74, 6) is 0.0402. The van der Waals surface area contributed by atoms with Gasteiger partial charge in [0, 0.05) is 13.1 Å². The molecule has 1 atom stereocenters. The molecule has 1 N–H and O–H groups in total. The Morgan fingerprint density at radius 3 is 2.89 bits per heavy atom. The summed E-state index contributed by atoms with van der Waals surface area (Å²) in [6.07, 6.45) is 0. The molecular weight excluding hydrogens is 384 g/mol. The van der Waals surface area contributed by atoms with Crippen molar-refractivity contribution >= 4 is 51.1 Å². The minimum absolute atomic E-state index is 0.0689. The van der Waals surface area contributed by atoms with Gasteiger partial charge in [-0.2, -0.15) is 0 Å². The summed E-state index contributed by atoms with van der Waals surface area (Å²) in [5.41, 5.74) is 1.21. The van der Waals surface area contributed by atoms with Crippen LogP contribution in [0.5, 0.6) is 0 Å².